The smallest absolute Gasteiger partial charge is 0.245 e. The first-order chi connectivity index (χ1) is 15.7. The molecule has 1 unspecified atom stereocenters. The fraction of sp³-hybridized carbons (Fsp3) is 0.208. The van der Waals surface area contributed by atoms with Crippen molar-refractivity contribution in [3.8, 4) is 0 Å². The van der Waals surface area contributed by atoms with Crippen LogP contribution in [0.2, 0.25) is 10.0 Å². The Morgan fingerprint density at radius 1 is 1.03 bits per heavy atom. The quantitative estimate of drug-likeness (QED) is 0.350. The number of hydrogen-bond donors (Lipinski definition) is 1. The van der Waals surface area contributed by atoms with Crippen LogP contribution in [0.15, 0.2) is 82.2 Å². The largest absolute Gasteiger partial charge is 0.348 e. The Morgan fingerprint density at radius 3 is 2.36 bits per heavy atom. The third kappa shape index (κ3) is 7.04. The van der Waals surface area contributed by atoms with E-state index in [0.717, 1.165) is 19.9 Å². The zero-order valence-electron chi connectivity index (χ0n) is 17.8. The summed E-state index contributed by atoms with van der Waals surface area (Å²) in [6.07, 6.45) is 0.438. The van der Waals surface area contributed by atoms with Gasteiger partial charge >= 0.3 is 0 Å². The molecular formula is C24H23BrCl2N2O3S. The number of benzene rings is 3. The summed E-state index contributed by atoms with van der Waals surface area (Å²) in [4.78, 5) is 12.7. The van der Waals surface area contributed by atoms with Crippen LogP contribution in [0.1, 0.15) is 24.1 Å². The molecule has 5 nitrogen and oxygen atoms in total. The van der Waals surface area contributed by atoms with E-state index < -0.39 is 15.9 Å². The molecule has 0 radical (unpaired) electrons. The monoisotopic (exact) mass is 568 g/mol. The van der Waals surface area contributed by atoms with Crippen LogP contribution in [-0.2, 0) is 21.2 Å². The number of carbonyl (C=O) groups excluding carboxylic acids is 1. The van der Waals surface area contributed by atoms with Gasteiger partial charge in [-0.2, -0.15) is 4.31 Å². The lowest BCUT2D eigenvalue weighted by Crippen LogP contribution is -2.42. The highest BCUT2D eigenvalue weighted by Gasteiger charge is 2.29. The van der Waals surface area contributed by atoms with Crippen molar-refractivity contribution in [2.45, 2.75) is 24.3 Å². The number of amides is 1. The number of sulfonamides is 1. The highest BCUT2D eigenvalue weighted by molar-refractivity contribution is 9.10. The minimum absolute atomic E-state index is 0.0488. The molecule has 0 bridgehead atoms. The lowest BCUT2D eigenvalue weighted by molar-refractivity contribution is -0.121. The first kappa shape index (κ1) is 25.7. The molecule has 0 aromatic heterocycles. The molecule has 3 aromatic rings. The SMILES string of the molecule is CC(NC(=O)CN(CCc1ccccc1)S(=O)(=O)c1cc(Cl)ccc1Cl)c1ccc(Br)cc1. The summed E-state index contributed by atoms with van der Waals surface area (Å²) in [5.41, 5.74) is 1.86. The van der Waals surface area contributed by atoms with Crippen molar-refractivity contribution in [1.29, 1.82) is 0 Å². The van der Waals surface area contributed by atoms with Gasteiger partial charge in [-0.3, -0.25) is 4.79 Å². The van der Waals surface area contributed by atoms with Gasteiger partial charge in [-0.25, -0.2) is 8.42 Å². The van der Waals surface area contributed by atoms with Gasteiger partial charge in [0.25, 0.3) is 0 Å². The summed E-state index contributed by atoms with van der Waals surface area (Å²) >= 11 is 15.6. The Kier molecular flexibility index (Phi) is 8.95. The predicted molar refractivity (Wildman–Crippen MR) is 136 cm³/mol. The summed E-state index contributed by atoms with van der Waals surface area (Å²) in [5, 5.41) is 3.17. The van der Waals surface area contributed by atoms with Crippen LogP contribution in [0, 0.1) is 0 Å². The molecule has 0 spiro atoms. The van der Waals surface area contributed by atoms with E-state index in [1.807, 2.05) is 61.5 Å². The minimum atomic E-state index is -4.08. The third-order valence-electron chi connectivity index (χ3n) is 5.07. The molecule has 1 atom stereocenters. The van der Waals surface area contributed by atoms with Gasteiger partial charge in [-0.1, -0.05) is 81.6 Å². The van der Waals surface area contributed by atoms with Crippen molar-refractivity contribution >= 4 is 55.1 Å². The average molecular weight is 570 g/mol. The Bertz CT molecular complexity index is 1210. The zero-order chi connectivity index (χ0) is 24.0. The number of carbonyl (C=O) groups is 1. The average Bonchev–Trinajstić information content (AvgIpc) is 2.79. The highest BCUT2D eigenvalue weighted by Crippen LogP contribution is 2.28. The van der Waals surface area contributed by atoms with Crippen molar-refractivity contribution in [2.24, 2.45) is 0 Å². The molecule has 0 aliphatic carbocycles. The highest BCUT2D eigenvalue weighted by atomic mass is 79.9. The van der Waals surface area contributed by atoms with Crippen molar-refractivity contribution in [1.82, 2.24) is 9.62 Å². The van der Waals surface area contributed by atoms with E-state index in [4.69, 9.17) is 23.2 Å². The molecule has 33 heavy (non-hydrogen) atoms. The van der Waals surface area contributed by atoms with E-state index in [9.17, 15) is 13.2 Å². The molecule has 1 N–H and O–H groups in total. The minimum Gasteiger partial charge on any atom is -0.348 e. The lowest BCUT2D eigenvalue weighted by Gasteiger charge is -2.24. The zero-order valence-corrected chi connectivity index (χ0v) is 21.8. The molecule has 0 aliphatic heterocycles. The van der Waals surface area contributed by atoms with Crippen molar-refractivity contribution in [3.63, 3.8) is 0 Å². The number of hydrogen-bond acceptors (Lipinski definition) is 3. The van der Waals surface area contributed by atoms with Gasteiger partial charge in [0.15, 0.2) is 0 Å². The maximum atomic E-state index is 13.5. The molecule has 3 rings (SSSR count). The first-order valence-corrected chi connectivity index (χ1v) is 13.2. The van der Waals surface area contributed by atoms with Crippen molar-refractivity contribution < 1.29 is 13.2 Å². The lowest BCUT2D eigenvalue weighted by atomic mass is 10.1. The summed E-state index contributed by atoms with van der Waals surface area (Å²) in [7, 11) is -4.08. The van der Waals surface area contributed by atoms with E-state index in [0.29, 0.717) is 6.42 Å². The second kappa shape index (κ2) is 11.5. The Labute approximate surface area is 212 Å². The van der Waals surface area contributed by atoms with Gasteiger partial charge < -0.3 is 5.32 Å². The van der Waals surface area contributed by atoms with E-state index in [1.54, 1.807) is 0 Å². The third-order valence-corrected chi connectivity index (χ3v) is 8.16. The molecular weight excluding hydrogens is 547 g/mol. The molecule has 0 aliphatic rings. The van der Waals surface area contributed by atoms with Gasteiger partial charge in [0.2, 0.25) is 15.9 Å². The summed E-state index contributed by atoms with van der Waals surface area (Å²) in [5.74, 6) is -0.416. The van der Waals surface area contributed by atoms with E-state index >= 15 is 0 Å². The molecule has 9 heteroatoms. The maximum absolute atomic E-state index is 13.5. The van der Waals surface area contributed by atoms with Crippen LogP contribution in [0.3, 0.4) is 0 Å². The Hall–Kier alpha value is -1.90. The summed E-state index contributed by atoms with van der Waals surface area (Å²) in [6.45, 7) is 1.60. The number of halogens is 3. The topological polar surface area (TPSA) is 66.5 Å². The fourth-order valence-corrected chi connectivity index (χ4v) is 5.68. The van der Waals surface area contributed by atoms with E-state index in [1.165, 1.54) is 18.2 Å². The normalized spacial score (nSPS) is 12.5. The van der Waals surface area contributed by atoms with Crippen LogP contribution in [-0.4, -0.2) is 31.7 Å². The van der Waals surface area contributed by atoms with Crippen LogP contribution in [0.25, 0.3) is 0 Å². The fourth-order valence-electron chi connectivity index (χ4n) is 3.28. The molecule has 0 saturated carbocycles. The van der Waals surface area contributed by atoms with Crippen LogP contribution < -0.4 is 5.32 Å². The molecule has 3 aromatic carbocycles. The number of rotatable bonds is 9. The van der Waals surface area contributed by atoms with E-state index in [-0.39, 0.29) is 34.1 Å². The predicted octanol–water partition coefficient (Wildman–Crippen LogP) is 5.87. The molecule has 174 valence electrons. The summed E-state index contributed by atoms with van der Waals surface area (Å²) < 4.78 is 29.0. The Balaban J connectivity index is 1.82. The van der Waals surface area contributed by atoms with E-state index in [2.05, 4.69) is 21.2 Å². The summed E-state index contributed by atoms with van der Waals surface area (Å²) in [6, 6.07) is 21.0. The second-order valence-electron chi connectivity index (χ2n) is 7.49. The Morgan fingerprint density at radius 2 is 1.70 bits per heavy atom. The standard InChI is InChI=1S/C24H23BrCl2N2O3S/c1-17(19-7-9-20(25)10-8-19)28-24(30)16-29(14-13-18-5-3-2-4-6-18)33(31,32)23-15-21(26)11-12-22(23)27/h2-12,15,17H,13-14,16H2,1H3,(H,28,30). The maximum Gasteiger partial charge on any atom is 0.245 e. The molecule has 0 saturated heterocycles. The van der Waals surface area contributed by atoms with Gasteiger partial charge in [0, 0.05) is 16.0 Å². The molecule has 0 heterocycles. The molecule has 0 fully saturated rings. The van der Waals surface area contributed by atoms with Crippen molar-refractivity contribution in [3.05, 3.63) is 98.4 Å². The van der Waals surface area contributed by atoms with Gasteiger partial charge in [0.05, 0.1) is 17.6 Å². The van der Waals surface area contributed by atoms with Crippen LogP contribution in [0.5, 0.6) is 0 Å². The van der Waals surface area contributed by atoms with Crippen molar-refractivity contribution in [2.75, 3.05) is 13.1 Å². The first-order valence-electron chi connectivity index (χ1n) is 10.2. The number of nitrogens with zero attached hydrogens (tertiary/aromatic N) is 1. The van der Waals surface area contributed by atoms with Gasteiger partial charge in [-0.15, -0.1) is 0 Å². The van der Waals surface area contributed by atoms with Crippen LogP contribution in [0.4, 0.5) is 0 Å². The second-order valence-corrected chi connectivity index (χ2v) is 11.2. The number of nitrogens with one attached hydrogen (secondary N) is 1. The molecule has 1 amide bonds. The van der Waals surface area contributed by atoms with Gasteiger partial charge in [-0.05, 0) is 54.8 Å². The van der Waals surface area contributed by atoms with Gasteiger partial charge in [0.1, 0.15) is 4.90 Å². The van der Waals surface area contributed by atoms with Crippen LogP contribution >= 0.6 is 39.1 Å².